The van der Waals surface area contributed by atoms with E-state index in [1.54, 1.807) is 24.3 Å². The minimum Gasteiger partial charge on any atom is -0.349 e. The van der Waals surface area contributed by atoms with E-state index in [1.807, 2.05) is 13.8 Å². The summed E-state index contributed by atoms with van der Waals surface area (Å²) in [6, 6.07) is 6.68. The lowest BCUT2D eigenvalue weighted by atomic mass is 9.92. The molecule has 0 aliphatic carbocycles. The van der Waals surface area contributed by atoms with Gasteiger partial charge in [-0.05, 0) is 37.1 Å². The summed E-state index contributed by atoms with van der Waals surface area (Å²) in [4.78, 5) is 24.0. The topological polar surface area (TPSA) is 72.2 Å². The van der Waals surface area contributed by atoms with Crippen molar-refractivity contribution in [2.75, 3.05) is 6.54 Å². The van der Waals surface area contributed by atoms with Crippen LogP contribution in [0.5, 0.6) is 0 Å². The Labute approximate surface area is 143 Å². The molecule has 0 fully saturated rings. The predicted molar refractivity (Wildman–Crippen MR) is 92.8 cm³/mol. The van der Waals surface area contributed by atoms with Gasteiger partial charge in [0.25, 0.3) is 0 Å². The van der Waals surface area contributed by atoms with Gasteiger partial charge in [-0.25, -0.2) is 0 Å². The fourth-order valence-electron chi connectivity index (χ4n) is 2.13. The Morgan fingerprint density at radius 1 is 1.14 bits per heavy atom. The number of carbonyl (C=O) groups excluding carboxylic acids is 2. The number of carbonyl (C=O) groups is 2. The molecular formula is C16H24Cl2N2O2. The molecule has 1 aromatic rings. The quantitative estimate of drug-likeness (QED) is 0.709. The first-order valence-electron chi connectivity index (χ1n) is 7.26. The highest BCUT2D eigenvalue weighted by Crippen LogP contribution is 2.15. The first-order valence-corrected chi connectivity index (χ1v) is 7.64. The maximum Gasteiger partial charge on any atom is 0.220 e. The molecule has 0 saturated heterocycles. The average Bonchev–Trinajstić information content (AvgIpc) is 2.51. The molecule has 0 heterocycles. The Balaban J connectivity index is 0.00000441. The van der Waals surface area contributed by atoms with Crippen LogP contribution >= 0.6 is 24.0 Å². The van der Waals surface area contributed by atoms with Gasteiger partial charge in [0.05, 0.1) is 5.54 Å². The Bertz CT molecular complexity index is 477. The van der Waals surface area contributed by atoms with Gasteiger partial charge in [0.15, 0.2) is 5.78 Å². The molecule has 0 spiro atoms. The summed E-state index contributed by atoms with van der Waals surface area (Å²) >= 11 is 5.78. The van der Waals surface area contributed by atoms with Crippen LogP contribution in [0.4, 0.5) is 0 Å². The van der Waals surface area contributed by atoms with Gasteiger partial charge in [-0.15, -0.1) is 12.4 Å². The zero-order chi connectivity index (χ0) is 15.9. The molecule has 1 aromatic carbocycles. The molecule has 0 bridgehead atoms. The van der Waals surface area contributed by atoms with Crippen LogP contribution in [-0.4, -0.2) is 23.8 Å². The minimum absolute atomic E-state index is 0. The molecule has 4 nitrogen and oxygen atoms in total. The highest BCUT2D eigenvalue weighted by atomic mass is 35.5. The van der Waals surface area contributed by atoms with Gasteiger partial charge in [0.2, 0.25) is 5.91 Å². The van der Waals surface area contributed by atoms with Crippen molar-refractivity contribution in [3.05, 3.63) is 34.9 Å². The summed E-state index contributed by atoms with van der Waals surface area (Å²) in [7, 11) is 0. The Hall–Kier alpha value is -1.10. The van der Waals surface area contributed by atoms with Crippen molar-refractivity contribution in [1.82, 2.24) is 5.32 Å². The second-order valence-electron chi connectivity index (χ2n) is 5.17. The smallest absolute Gasteiger partial charge is 0.220 e. The Morgan fingerprint density at radius 2 is 1.68 bits per heavy atom. The molecule has 124 valence electrons. The van der Waals surface area contributed by atoms with Crippen molar-refractivity contribution < 1.29 is 9.59 Å². The minimum atomic E-state index is -0.361. The van der Waals surface area contributed by atoms with Gasteiger partial charge in [0, 0.05) is 30.0 Å². The number of nitrogens with two attached hydrogens (primary N) is 1. The van der Waals surface area contributed by atoms with Crippen LogP contribution in [0, 0.1) is 0 Å². The number of nitrogens with one attached hydrogen (secondary N) is 1. The lowest BCUT2D eigenvalue weighted by Crippen LogP contribution is -2.52. The summed E-state index contributed by atoms with van der Waals surface area (Å²) in [5.74, 6) is -0.195. The number of rotatable bonds is 8. The van der Waals surface area contributed by atoms with E-state index in [-0.39, 0.29) is 42.5 Å². The molecule has 0 aliphatic rings. The highest BCUT2D eigenvalue weighted by molar-refractivity contribution is 6.30. The zero-order valence-corrected chi connectivity index (χ0v) is 14.6. The molecule has 3 N–H and O–H groups in total. The number of amides is 1. The predicted octanol–water partition coefficient (Wildman–Crippen LogP) is 3.36. The second kappa shape index (κ2) is 9.82. The van der Waals surface area contributed by atoms with Gasteiger partial charge in [-0.2, -0.15) is 0 Å². The molecule has 6 heteroatoms. The molecule has 0 radical (unpaired) electrons. The van der Waals surface area contributed by atoms with E-state index < -0.39 is 0 Å². The van der Waals surface area contributed by atoms with Gasteiger partial charge < -0.3 is 11.1 Å². The summed E-state index contributed by atoms with van der Waals surface area (Å²) < 4.78 is 0. The molecule has 22 heavy (non-hydrogen) atoms. The first kappa shape index (κ1) is 20.9. The average molecular weight is 347 g/mol. The fraction of sp³-hybridized carbons (Fsp3) is 0.500. The maximum absolute atomic E-state index is 12.0. The largest absolute Gasteiger partial charge is 0.349 e. The lowest BCUT2D eigenvalue weighted by molar-refractivity contribution is -0.123. The summed E-state index contributed by atoms with van der Waals surface area (Å²) in [6.45, 7) is 4.39. The maximum atomic E-state index is 12.0. The van der Waals surface area contributed by atoms with Crippen molar-refractivity contribution in [2.24, 2.45) is 5.73 Å². The normalized spacial score (nSPS) is 10.7. The summed E-state index contributed by atoms with van der Waals surface area (Å²) in [5.41, 5.74) is 5.96. The number of hydrogen-bond donors (Lipinski definition) is 2. The van der Waals surface area contributed by atoms with E-state index in [0.717, 1.165) is 12.8 Å². The van der Waals surface area contributed by atoms with Crippen molar-refractivity contribution in [3.8, 4) is 0 Å². The van der Waals surface area contributed by atoms with Gasteiger partial charge in [-0.1, -0.05) is 25.4 Å². The number of Topliss-reactive ketones (excluding diaryl/α,β-unsaturated/α-hetero) is 1. The highest BCUT2D eigenvalue weighted by Gasteiger charge is 2.26. The first-order chi connectivity index (χ1) is 9.96. The molecule has 0 aliphatic heterocycles. The van der Waals surface area contributed by atoms with Crippen LogP contribution in [0.15, 0.2) is 24.3 Å². The molecule has 0 unspecified atom stereocenters. The fourth-order valence-corrected chi connectivity index (χ4v) is 2.26. The van der Waals surface area contributed by atoms with E-state index in [1.165, 1.54) is 0 Å². The molecule has 1 rings (SSSR count). The Morgan fingerprint density at radius 3 is 2.14 bits per heavy atom. The molecule has 1 amide bonds. The summed E-state index contributed by atoms with van der Waals surface area (Å²) in [5, 5.41) is 3.54. The SMILES string of the molecule is CCC(CC)(CN)NC(=O)CCC(=O)c1ccc(Cl)cc1.Cl. The molecule has 0 aromatic heterocycles. The number of benzene rings is 1. The number of ketones is 1. The van der Waals surface area contributed by atoms with Crippen molar-refractivity contribution >= 4 is 35.7 Å². The van der Waals surface area contributed by atoms with E-state index in [2.05, 4.69) is 5.32 Å². The van der Waals surface area contributed by atoms with Crippen molar-refractivity contribution in [2.45, 2.75) is 45.1 Å². The van der Waals surface area contributed by atoms with E-state index in [9.17, 15) is 9.59 Å². The standard InChI is InChI=1S/C16H23ClN2O2.ClH/c1-3-16(4-2,11-18)19-15(21)10-9-14(20)12-5-7-13(17)8-6-12;/h5-8H,3-4,9-11,18H2,1-2H3,(H,19,21);1H. The molecular weight excluding hydrogens is 323 g/mol. The second-order valence-corrected chi connectivity index (χ2v) is 5.61. The monoisotopic (exact) mass is 346 g/mol. The van der Waals surface area contributed by atoms with Crippen LogP contribution in [-0.2, 0) is 4.79 Å². The van der Waals surface area contributed by atoms with E-state index in [4.69, 9.17) is 17.3 Å². The summed E-state index contributed by atoms with van der Waals surface area (Å²) in [6.07, 6.45) is 1.90. The molecule has 0 atom stereocenters. The van der Waals surface area contributed by atoms with Crippen LogP contribution in [0.1, 0.15) is 49.9 Å². The molecule has 0 saturated carbocycles. The number of hydrogen-bond acceptors (Lipinski definition) is 3. The van der Waals surface area contributed by atoms with Crippen LogP contribution in [0.2, 0.25) is 5.02 Å². The van der Waals surface area contributed by atoms with Gasteiger partial charge in [0.1, 0.15) is 0 Å². The third-order valence-corrected chi connectivity index (χ3v) is 4.15. The third kappa shape index (κ3) is 5.95. The van der Waals surface area contributed by atoms with Crippen LogP contribution in [0.25, 0.3) is 0 Å². The van der Waals surface area contributed by atoms with Crippen molar-refractivity contribution in [3.63, 3.8) is 0 Å². The van der Waals surface area contributed by atoms with Gasteiger partial charge in [-0.3, -0.25) is 9.59 Å². The van der Waals surface area contributed by atoms with Gasteiger partial charge >= 0.3 is 0 Å². The van der Waals surface area contributed by atoms with Crippen LogP contribution < -0.4 is 11.1 Å². The Kier molecular flexibility index (Phi) is 9.33. The number of halogens is 2. The third-order valence-electron chi connectivity index (χ3n) is 3.89. The van der Waals surface area contributed by atoms with E-state index >= 15 is 0 Å². The van der Waals surface area contributed by atoms with Crippen LogP contribution in [0.3, 0.4) is 0 Å². The van der Waals surface area contributed by atoms with Crippen molar-refractivity contribution in [1.29, 1.82) is 0 Å². The lowest BCUT2D eigenvalue weighted by Gasteiger charge is -2.31. The van der Waals surface area contributed by atoms with E-state index in [0.29, 0.717) is 17.1 Å². The zero-order valence-electron chi connectivity index (χ0n) is 13.0.